The van der Waals surface area contributed by atoms with Crippen LogP contribution in [0.4, 0.5) is 5.69 Å². The second-order valence-electron chi connectivity index (χ2n) is 4.12. The largest absolute Gasteiger partial charge is 0.478 e. The van der Waals surface area contributed by atoms with Gasteiger partial charge in [0.05, 0.1) is 15.6 Å². The Bertz CT molecular complexity index is 687. The van der Waals surface area contributed by atoms with E-state index in [0.29, 0.717) is 24.3 Å². The Morgan fingerprint density at radius 3 is 2.81 bits per heavy atom. The van der Waals surface area contributed by atoms with Crippen molar-refractivity contribution in [2.24, 2.45) is 5.73 Å². The molecule has 2 rings (SSSR count). The molecule has 1 amide bonds. The Hall–Kier alpha value is -1.96. The number of carboxylic acid groups (broad SMARTS) is 1. The van der Waals surface area contributed by atoms with Crippen molar-refractivity contribution in [3.05, 3.63) is 44.9 Å². The first-order valence-corrected chi connectivity index (χ1v) is 7.25. The molecule has 0 atom stereocenters. The normalized spacial score (nSPS) is 10.4. The van der Waals surface area contributed by atoms with Gasteiger partial charge < -0.3 is 16.2 Å². The zero-order chi connectivity index (χ0) is 15.4. The van der Waals surface area contributed by atoms with Crippen LogP contribution in [-0.4, -0.2) is 28.5 Å². The highest BCUT2D eigenvalue weighted by molar-refractivity contribution is 7.09. The van der Waals surface area contributed by atoms with Gasteiger partial charge in [-0.05, 0) is 24.7 Å². The van der Waals surface area contributed by atoms with Crippen LogP contribution in [0.3, 0.4) is 0 Å². The van der Waals surface area contributed by atoms with Crippen molar-refractivity contribution < 1.29 is 14.7 Å². The summed E-state index contributed by atoms with van der Waals surface area (Å²) in [7, 11) is 0. The van der Waals surface area contributed by atoms with Gasteiger partial charge >= 0.3 is 5.97 Å². The molecular formula is C13H12ClN3O3S. The summed E-state index contributed by atoms with van der Waals surface area (Å²) in [6, 6.07) is 4.19. The maximum atomic E-state index is 12.0. The maximum Gasteiger partial charge on any atom is 0.337 e. The minimum Gasteiger partial charge on any atom is -0.478 e. The predicted octanol–water partition coefficient (Wildman–Crippen LogP) is 2.25. The molecular weight excluding hydrogens is 314 g/mol. The molecule has 110 valence electrons. The van der Waals surface area contributed by atoms with Crippen LogP contribution in [-0.2, 0) is 6.42 Å². The Kier molecular flexibility index (Phi) is 4.89. The van der Waals surface area contributed by atoms with Gasteiger partial charge in [-0.15, -0.1) is 11.3 Å². The standard InChI is InChI=1S/C13H12ClN3O3S/c14-9-5-7(1-2-8(9)13(19)20)16-12(18)10-6-21-11(17-10)3-4-15/h1-2,5-6H,3-4,15H2,(H,16,18)(H,19,20). The fraction of sp³-hybridized carbons (Fsp3) is 0.154. The molecule has 0 unspecified atom stereocenters. The van der Waals surface area contributed by atoms with Gasteiger partial charge in [0.25, 0.3) is 5.91 Å². The molecule has 0 radical (unpaired) electrons. The van der Waals surface area contributed by atoms with E-state index >= 15 is 0 Å². The third-order valence-corrected chi connectivity index (χ3v) is 3.82. The molecule has 1 aromatic heterocycles. The number of aromatic carboxylic acids is 1. The van der Waals surface area contributed by atoms with Crippen molar-refractivity contribution in [1.82, 2.24) is 4.98 Å². The van der Waals surface area contributed by atoms with E-state index in [1.165, 1.54) is 29.5 Å². The number of thiazole rings is 1. The summed E-state index contributed by atoms with van der Waals surface area (Å²) in [6.07, 6.45) is 0.622. The second-order valence-corrected chi connectivity index (χ2v) is 5.47. The summed E-state index contributed by atoms with van der Waals surface area (Å²) in [4.78, 5) is 27.0. The van der Waals surface area contributed by atoms with E-state index in [1.807, 2.05) is 0 Å². The summed E-state index contributed by atoms with van der Waals surface area (Å²) in [6.45, 7) is 0.473. The van der Waals surface area contributed by atoms with E-state index in [-0.39, 0.29) is 16.5 Å². The number of carbonyl (C=O) groups excluding carboxylic acids is 1. The smallest absolute Gasteiger partial charge is 0.337 e. The molecule has 0 fully saturated rings. The van der Waals surface area contributed by atoms with Crippen LogP contribution in [0.5, 0.6) is 0 Å². The summed E-state index contributed by atoms with van der Waals surface area (Å²) >= 11 is 7.21. The third-order valence-electron chi connectivity index (χ3n) is 2.60. The quantitative estimate of drug-likeness (QED) is 0.782. The fourth-order valence-electron chi connectivity index (χ4n) is 1.61. The average molecular weight is 326 g/mol. The van der Waals surface area contributed by atoms with Crippen LogP contribution in [0.1, 0.15) is 25.9 Å². The number of aromatic nitrogens is 1. The minimum atomic E-state index is -1.12. The molecule has 1 heterocycles. The van der Waals surface area contributed by atoms with Gasteiger partial charge in [-0.25, -0.2) is 9.78 Å². The molecule has 0 bridgehead atoms. The molecule has 0 aliphatic carbocycles. The van der Waals surface area contributed by atoms with Crippen LogP contribution >= 0.6 is 22.9 Å². The van der Waals surface area contributed by atoms with Gasteiger partial charge in [0, 0.05) is 17.5 Å². The van der Waals surface area contributed by atoms with Crippen molar-refractivity contribution in [1.29, 1.82) is 0 Å². The lowest BCUT2D eigenvalue weighted by Gasteiger charge is -2.05. The van der Waals surface area contributed by atoms with E-state index in [1.54, 1.807) is 5.38 Å². The average Bonchev–Trinajstić information content (AvgIpc) is 2.87. The number of anilines is 1. The SMILES string of the molecule is NCCc1nc(C(=O)Nc2ccc(C(=O)O)c(Cl)c2)cs1. The number of hydrogen-bond acceptors (Lipinski definition) is 5. The first-order chi connectivity index (χ1) is 10.0. The van der Waals surface area contributed by atoms with E-state index in [9.17, 15) is 9.59 Å². The number of halogens is 1. The minimum absolute atomic E-state index is 0.0199. The number of nitrogens with two attached hydrogens (primary N) is 1. The Labute approximate surface area is 129 Å². The summed E-state index contributed by atoms with van der Waals surface area (Å²) < 4.78 is 0. The van der Waals surface area contributed by atoms with Crippen molar-refractivity contribution in [2.45, 2.75) is 6.42 Å². The lowest BCUT2D eigenvalue weighted by molar-refractivity contribution is 0.0697. The number of carbonyl (C=O) groups is 2. The van der Waals surface area contributed by atoms with Crippen LogP contribution in [0.25, 0.3) is 0 Å². The van der Waals surface area contributed by atoms with Gasteiger partial charge in [-0.3, -0.25) is 4.79 Å². The number of nitrogens with one attached hydrogen (secondary N) is 1. The van der Waals surface area contributed by atoms with Crippen LogP contribution in [0.2, 0.25) is 5.02 Å². The van der Waals surface area contributed by atoms with Gasteiger partial charge in [-0.1, -0.05) is 11.6 Å². The third kappa shape index (κ3) is 3.78. The number of carboxylic acids is 1. The lowest BCUT2D eigenvalue weighted by atomic mass is 10.2. The van der Waals surface area contributed by atoms with E-state index in [0.717, 1.165) is 5.01 Å². The molecule has 0 saturated carbocycles. The Morgan fingerprint density at radius 2 is 2.19 bits per heavy atom. The summed E-state index contributed by atoms with van der Waals surface area (Å²) in [5.74, 6) is -1.50. The number of nitrogens with zero attached hydrogens (tertiary/aromatic N) is 1. The van der Waals surface area contributed by atoms with Gasteiger partial charge in [0.1, 0.15) is 5.69 Å². The second kappa shape index (κ2) is 6.66. The fourth-order valence-corrected chi connectivity index (χ4v) is 2.67. The van der Waals surface area contributed by atoms with E-state index in [2.05, 4.69) is 10.3 Å². The highest BCUT2D eigenvalue weighted by Gasteiger charge is 2.13. The number of amides is 1. The molecule has 21 heavy (non-hydrogen) atoms. The molecule has 0 aliphatic heterocycles. The number of hydrogen-bond donors (Lipinski definition) is 3. The molecule has 6 nitrogen and oxygen atoms in total. The van der Waals surface area contributed by atoms with Crippen LogP contribution in [0.15, 0.2) is 23.6 Å². The Morgan fingerprint density at radius 1 is 1.43 bits per heavy atom. The van der Waals surface area contributed by atoms with Crippen molar-refractivity contribution >= 4 is 40.5 Å². The molecule has 1 aromatic carbocycles. The van der Waals surface area contributed by atoms with Crippen molar-refractivity contribution in [3.8, 4) is 0 Å². The molecule has 4 N–H and O–H groups in total. The van der Waals surface area contributed by atoms with Crippen LogP contribution < -0.4 is 11.1 Å². The van der Waals surface area contributed by atoms with E-state index < -0.39 is 5.97 Å². The summed E-state index contributed by atoms with van der Waals surface area (Å²) in [5, 5.41) is 14.0. The first kappa shape index (κ1) is 15.4. The van der Waals surface area contributed by atoms with Crippen molar-refractivity contribution in [2.75, 3.05) is 11.9 Å². The lowest BCUT2D eigenvalue weighted by Crippen LogP contribution is -2.13. The molecule has 0 aliphatic rings. The zero-order valence-electron chi connectivity index (χ0n) is 10.8. The molecule has 8 heteroatoms. The number of benzene rings is 1. The maximum absolute atomic E-state index is 12.0. The highest BCUT2D eigenvalue weighted by atomic mass is 35.5. The van der Waals surface area contributed by atoms with Gasteiger partial charge in [0.2, 0.25) is 0 Å². The highest BCUT2D eigenvalue weighted by Crippen LogP contribution is 2.21. The molecule has 0 spiro atoms. The Balaban J connectivity index is 2.11. The topological polar surface area (TPSA) is 105 Å². The molecule has 0 saturated heterocycles. The van der Waals surface area contributed by atoms with Gasteiger partial charge in [-0.2, -0.15) is 0 Å². The number of rotatable bonds is 5. The van der Waals surface area contributed by atoms with Gasteiger partial charge in [0.15, 0.2) is 0 Å². The first-order valence-electron chi connectivity index (χ1n) is 6.00. The predicted molar refractivity (Wildman–Crippen MR) is 81.2 cm³/mol. The monoisotopic (exact) mass is 325 g/mol. The van der Waals surface area contributed by atoms with E-state index in [4.69, 9.17) is 22.4 Å². The van der Waals surface area contributed by atoms with Crippen LogP contribution in [0, 0.1) is 0 Å². The molecule has 2 aromatic rings. The summed E-state index contributed by atoms with van der Waals surface area (Å²) in [5.41, 5.74) is 6.11. The van der Waals surface area contributed by atoms with Crippen molar-refractivity contribution in [3.63, 3.8) is 0 Å². The zero-order valence-corrected chi connectivity index (χ0v) is 12.4.